The van der Waals surface area contributed by atoms with Crippen molar-refractivity contribution in [1.82, 2.24) is 48.7 Å². The molecule has 31 nitrogen and oxygen atoms in total. The SMILES string of the molecule is CC[C@H]1OC(=O)[C@@](C)(F)C(=O)[C@H](C)[C@@H](OC2O[C@H](C)C[C@H](N(C)C)[C@H]2O)[C@@](C)(OC)C[C@@H](C)C(=O)[C@H](C)[C@H]2N(CCCC(C)(C)n3cnc4cccnc43)C(=O)O[C@]12CC.CC[C@H]1OC(=O)[C@H](C)C(=O)[C@H](C)[C@@H](OC2O[C@H](C)C[C@H](N(C)C)[C@H]2OC(=O)c2ccccc2)[C@@](C)(OC)C[C@@H](C)C(=O)[C@H](C)[C@H]2N(CCCC(C)(C)n3cnc4cccnc43)C(=O)O[C@]12CC. The van der Waals surface area contributed by atoms with Crippen molar-refractivity contribution in [1.29, 1.82) is 0 Å². The molecule has 6 saturated heterocycles. The van der Waals surface area contributed by atoms with Crippen LogP contribution in [0.15, 0.2) is 79.6 Å². The van der Waals surface area contributed by atoms with E-state index in [1.54, 1.807) is 108 Å². The van der Waals surface area contributed by atoms with Crippen LogP contribution in [-0.4, -0.2) is 276 Å². The Hall–Kier alpha value is -8.34. The van der Waals surface area contributed by atoms with Gasteiger partial charge < -0.3 is 85.9 Å². The van der Waals surface area contributed by atoms with Gasteiger partial charge in [-0.05, 0) is 211 Å². The van der Waals surface area contributed by atoms with Gasteiger partial charge in [0, 0.05) is 92.3 Å². The predicted octanol–water partition coefficient (Wildman–Crippen LogP) is 13.0. The lowest BCUT2D eigenvalue weighted by Gasteiger charge is -2.48. The Kier molecular flexibility index (Phi) is 32.2. The molecule has 32 heteroatoms. The highest BCUT2D eigenvalue weighted by atomic mass is 19.1. The number of ether oxygens (including phenoxy) is 11. The minimum atomic E-state index is -3.18. The van der Waals surface area contributed by atoms with E-state index in [4.69, 9.17) is 52.1 Å². The number of alkyl halides is 1. The van der Waals surface area contributed by atoms with E-state index in [0.717, 1.165) is 29.3 Å². The van der Waals surface area contributed by atoms with Crippen LogP contribution < -0.4 is 0 Å². The Morgan fingerprint density at radius 1 is 0.567 bits per heavy atom. The van der Waals surface area contributed by atoms with E-state index >= 15 is 9.18 Å². The molecule has 127 heavy (non-hydrogen) atoms. The molecule has 2 unspecified atom stereocenters. The molecule has 704 valence electrons. The molecule has 11 rings (SSSR count). The normalized spacial score (nSPS) is 35.5. The second-order valence-electron chi connectivity index (χ2n) is 38.7. The molecule has 5 aromatic rings. The molecule has 0 radical (unpaired) electrons. The van der Waals surface area contributed by atoms with Crippen LogP contribution in [0.3, 0.4) is 0 Å². The second-order valence-corrected chi connectivity index (χ2v) is 38.7. The second kappa shape index (κ2) is 40.6. The van der Waals surface area contributed by atoms with Crippen molar-refractivity contribution < 1.29 is 105 Å². The molecule has 0 aliphatic carbocycles. The molecule has 26 atom stereocenters. The molecule has 0 bridgehead atoms. The quantitative estimate of drug-likeness (QED) is 0.0340. The van der Waals surface area contributed by atoms with Crippen molar-refractivity contribution in [3.8, 4) is 0 Å². The summed E-state index contributed by atoms with van der Waals surface area (Å²) in [6, 6.07) is 13.7. The fourth-order valence-electron chi connectivity index (χ4n) is 21.1. The fourth-order valence-corrected chi connectivity index (χ4v) is 21.1. The van der Waals surface area contributed by atoms with Crippen LogP contribution in [0, 0.1) is 41.4 Å². The number of rotatable bonds is 24. The molecule has 2 amide bonds. The van der Waals surface area contributed by atoms with Crippen LogP contribution in [-0.2, 0) is 92.0 Å². The number of hydrogen-bond acceptors (Lipinski definition) is 27. The van der Waals surface area contributed by atoms with E-state index in [1.807, 2.05) is 119 Å². The third-order valence-electron chi connectivity index (χ3n) is 28.5. The molecule has 0 spiro atoms. The number of aromatic nitrogens is 6. The third-order valence-corrected chi connectivity index (χ3v) is 28.5. The summed E-state index contributed by atoms with van der Waals surface area (Å²) in [6.07, 6.45) is -0.0707. The highest BCUT2D eigenvalue weighted by Gasteiger charge is 2.66. The lowest BCUT2D eigenvalue weighted by Crippen LogP contribution is -2.62. The Balaban J connectivity index is 0.000000266. The summed E-state index contributed by atoms with van der Waals surface area (Å²) >= 11 is 0. The maximum atomic E-state index is 17.0. The molecular weight excluding hydrogens is 1640 g/mol. The summed E-state index contributed by atoms with van der Waals surface area (Å²) in [5.41, 5.74) is -6.47. The molecule has 10 heterocycles. The zero-order valence-electron chi connectivity index (χ0n) is 79.5. The maximum absolute atomic E-state index is 17.0. The van der Waals surface area contributed by atoms with Crippen molar-refractivity contribution in [2.75, 3.05) is 55.5 Å². The van der Waals surface area contributed by atoms with E-state index in [-0.39, 0.29) is 87.5 Å². The van der Waals surface area contributed by atoms with Crippen LogP contribution in [0.5, 0.6) is 0 Å². The van der Waals surface area contributed by atoms with E-state index in [9.17, 15) is 43.5 Å². The summed E-state index contributed by atoms with van der Waals surface area (Å²) < 4.78 is 90.7. The van der Waals surface area contributed by atoms with Gasteiger partial charge in [0.2, 0.25) is 0 Å². The third kappa shape index (κ3) is 20.4. The first-order valence-electron chi connectivity index (χ1n) is 45.5. The molecule has 1 N–H and O–H groups in total. The first-order chi connectivity index (χ1) is 59.6. The Bertz CT molecular complexity index is 4680. The number of halogens is 1. The van der Waals surface area contributed by atoms with Crippen molar-refractivity contribution in [3.05, 3.63) is 85.2 Å². The van der Waals surface area contributed by atoms with Gasteiger partial charge in [0.25, 0.3) is 5.67 Å². The number of esters is 3. The van der Waals surface area contributed by atoms with E-state index < -0.39 is 184 Å². The largest absolute Gasteiger partial charge is 0.457 e. The number of fused-ring (bicyclic) bond motifs is 4. The number of hydrogen-bond donors (Lipinski definition) is 1. The number of pyridine rings is 2. The first kappa shape index (κ1) is 101. The van der Waals surface area contributed by atoms with Crippen molar-refractivity contribution >= 4 is 75.6 Å². The summed E-state index contributed by atoms with van der Waals surface area (Å²) in [6.45, 7) is 35.7. The molecular formula is C95H141FN10O21. The van der Waals surface area contributed by atoms with Gasteiger partial charge in [-0.25, -0.2) is 43.5 Å². The molecule has 0 saturated carbocycles. The number of carbonyl (C=O) groups excluding carboxylic acids is 9. The lowest BCUT2D eigenvalue weighted by atomic mass is 9.72. The molecule has 6 aliphatic heterocycles. The number of likely N-dealkylation sites (N-methyl/N-ethyl adjacent to an activating group) is 2. The predicted molar refractivity (Wildman–Crippen MR) is 471 cm³/mol. The maximum Gasteiger partial charge on any atom is 0.410 e. The number of amides is 2. The molecule has 6 aliphatic rings. The van der Waals surface area contributed by atoms with E-state index in [2.05, 4.69) is 47.6 Å². The summed E-state index contributed by atoms with van der Waals surface area (Å²) in [4.78, 5) is 155. The zero-order chi connectivity index (χ0) is 93.9. The number of cyclic esters (lactones) is 2. The van der Waals surface area contributed by atoms with E-state index in [1.165, 1.54) is 28.1 Å². The first-order valence-corrected chi connectivity index (χ1v) is 45.5. The number of benzene rings is 1. The number of ketones is 4. The number of imidazole rings is 2. The lowest BCUT2D eigenvalue weighted by molar-refractivity contribution is -0.295. The van der Waals surface area contributed by atoms with Gasteiger partial charge in [0.05, 0.1) is 72.0 Å². The standard InChI is InChI=1S/C51H73N5O11.C44H68FN5O10/c1-14-38-51(15-2)42(55(48(61)67-51)26-20-24-49(8,9)56-29-53-36-23-19-25-52-44(36)56)32(5)39(57)30(3)28-50(10,62-13)43(33(6)40(58)34(7)45(59)64-38)66-47-41(37(54(11)12)27-31(4)63-47)65-46(60)35-21-17-16-18-22-35;1-14-31-44(15-2)34(49(40(55)60-44)21-17-19-41(7,8)50-24-47-29-18-16-20-46-37(29)50)27(5)32(51)25(3)23-42(9,56-13)36(28(6)35(53)43(10,45)39(54)58-31)59-38-33(52)30(48(11)12)22-26(4)57-38/h16-19,21-23,25,29-34,37-38,41-43,47H,14-15,20,24,26-28H2,1-13H3;16,18,20,24-28,30-31,33-34,36,38,52H,14-15,17,19,21-23H2,1-13H3/t30-,31-,32+,33+,34-,37+,38-,41-,42-,43-,47?,50+,51-;25-,26-,27+,28+,30+,31-,33-,34-,36-,38?,42+,43+,44-/m11/s1. The van der Waals surface area contributed by atoms with Gasteiger partial charge in [-0.2, -0.15) is 0 Å². The fraction of sp³-hybridized carbons (Fsp3) is 0.716. The van der Waals surface area contributed by atoms with Crippen LogP contribution >= 0.6 is 0 Å². The number of Topliss-reactive ketones (excluding diaryl/α,β-unsaturated/α-hetero) is 4. The Labute approximate surface area is 747 Å². The minimum absolute atomic E-state index is 0.00315. The number of carbonyl (C=O) groups is 9. The molecule has 4 aromatic heterocycles. The number of aliphatic hydroxyl groups is 1. The zero-order valence-corrected chi connectivity index (χ0v) is 79.5. The highest BCUT2D eigenvalue weighted by Crippen LogP contribution is 2.49. The summed E-state index contributed by atoms with van der Waals surface area (Å²) in [5.74, 6) is -11.6. The monoisotopic (exact) mass is 1780 g/mol. The molecule has 1 aromatic carbocycles. The number of nitrogens with zero attached hydrogens (tertiary/aromatic N) is 10. The van der Waals surface area contributed by atoms with Gasteiger partial charge in [-0.3, -0.25) is 24.0 Å². The number of methoxy groups -OCH3 is 2. The molecule has 6 fully saturated rings. The highest BCUT2D eigenvalue weighted by molar-refractivity contribution is 6.08. The van der Waals surface area contributed by atoms with Crippen LogP contribution in [0.25, 0.3) is 22.3 Å². The van der Waals surface area contributed by atoms with Crippen LogP contribution in [0.4, 0.5) is 14.0 Å². The van der Waals surface area contributed by atoms with Gasteiger partial charge in [0.15, 0.2) is 52.7 Å². The topological polar surface area (TPSA) is 350 Å². The van der Waals surface area contributed by atoms with E-state index in [0.29, 0.717) is 44.1 Å². The minimum Gasteiger partial charge on any atom is -0.457 e. The Morgan fingerprint density at radius 2 is 1.00 bits per heavy atom. The van der Waals surface area contributed by atoms with Crippen molar-refractivity contribution in [2.24, 2.45) is 41.4 Å². The van der Waals surface area contributed by atoms with Gasteiger partial charge in [-0.1, -0.05) is 87.4 Å². The van der Waals surface area contributed by atoms with Crippen molar-refractivity contribution in [3.63, 3.8) is 0 Å². The Morgan fingerprint density at radius 3 is 1.44 bits per heavy atom. The number of aliphatic hydroxyl groups excluding tert-OH is 1. The van der Waals surface area contributed by atoms with Crippen LogP contribution in [0.2, 0.25) is 0 Å². The van der Waals surface area contributed by atoms with Gasteiger partial charge in [0.1, 0.15) is 46.8 Å². The van der Waals surface area contributed by atoms with Crippen molar-refractivity contribution in [2.45, 2.75) is 340 Å². The van der Waals surface area contributed by atoms with Gasteiger partial charge >= 0.3 is 30.1 Å². The van der Waals surface area contributed by atoms with Crippen LogP contribution in [0.1, 0.15) is 226 Å². The average molecular weight is 1780 g/mol. The summed E-state index contributed by atoms with van der Waals surface area (Å²) in [5, 5.41) is 11.5. The summed E-state index contributed by atoms with van der Waals surface area (Å²) in [7, 11) is 10.3. The smallest absolute Gasteiger partial charge is 0.410 e. The average Bonchev–Trinajstić information content (AvgIpc) is 1.60. The van der Waals surface area contributed by atoms with Gasteiger partial charge in [-0.15, -0.1) is 0 Å².